The van der Waals surface area contributed by atoms with Crippen LogP contribution in [0.5, 0.6) is 0 Å². The smallest absolute Gasteiger partial charge is 0.390 e. The molecule has 0 radical (unpaired) electrons. The van der Waals surface area contributed by atoms with Crippen molar-refractivity contribution in [2.24, 2.45) is 5.73 Å². The van der Waals surface area contributed by atoms with Crippen molar-refractivity contribution < 1.29 is 27.8 Å². The number of alkyl halides is 3. The van der Waals surface area contributed by atoms with E-state index in [0.29, 0.717) is 43.9 Å². The number of primary amides is 1. The summed E-state index contributed by atoms with van der Waals surface area (Å²) in [5.74, 6) is -0.0245. The maximum absolute atomic E-state index is 12.3. The van der Waals surface area contributed by atoms with Crippen molar-refractivity contribution in [2.75, 3.05) is 17.2 Å². The van der Waals surface area contributed by atoms with Crippen LogP contribution < -0.4 is 16.4 Å². The lowest BCUT2D eigenvalue weighted by Gasteiger charge is -2.34. The average Bonchev–Trinajstić information content (AvgIpc) is 2.66. The van der Waals surface area contributed by atoms with E-state index in [1.54, 1.807) is 6.92 Å². The highest BCUT2D eigenvalue weighted by Gasteiger charge is 2.32. The first kappa shape index (κ1) is 23.5. The van der Waals surface area contributed by atoms with E-state index < -0.39 is 30.4 Å². The van der Waals surface area contributed by atoms with E-state index in [2.05, 4.69) is 20.6 Å². The number of amides is 1. The normalized spacial score (nSPS) is 29.4. The quantitative estimate of drug-likeness (QED) is 0.509. The van der Waals surface area contributed by atoms with Gasteiger partial charge in [0.05, 0.1) is 17.3 Å². The Morgan fingerprint density at radius 3 is 2.58 bits per heavy atom. The molecule has 11 heteroatoms. The number of carbonyl (C=O) groups is 1. The van der Waals surface area contributed by atoms with Crippen molar-refractivity contribution in [3.05, 3.63) is 11.8 Å². The van der Waals surface area contributed by atoms with Crippen molar-refractivity contribution in [1.29, 1.82) is 0 Å². The predicted octanol–water partition coefficient (Wildman–Crippen LogP) is 2.98. The van der Waals surface area contributed by atoms with Crippen LogP contribution in [-0.4, -0.2) is 57.6 Å². The molecule has 174 valence electrons. The number of nitrogens with two attached hydrogens (primary N) is 1. The highest BCUT2D eigenvalue weighted by Crippen LogP contribution is 2.31. The van der Waals surface area contributed by atoms with Crippen LogP contribution in [-0.2, 0) is 4.74 Å². The lowest BCUT2D eigenvalue weighted by molar-refractivity contribution is -0.187. The van der Waals surface area contributed by atoms with Crippen LogP contribution >= 0.6 is 0 Å². The SMILES string of the molecule is C[C@@]1(O)CCC[C@@H](Nc2nc(NC3CCC(OCC(F)(F)F)CC3)ncc2C(N)=O)C1. The fourth-order valence-electron chi connectivity index (χ4n) is 4.29. The van der Waals surface area contributed by atoms with E-state index in [9.17, 15) is 23.1 Å². The highest BCUT2D eigenvalue weighted by molar-refractivity contribution is 5.97. The second-order valence-corrected chi connectivity index (χ2v) is 8.80. The summed E-state index contributed by atoms with van der Waals surface area (Å²) in [4.78, 5) is 20.4. The van der Waals surface area contributed by atoms with Crippen molar-refractivity contribution in [3.63, 3.8) is 0 Å². The number of rotatable bonds is 7. The van der Waals surface area contributed by atoms with Gasteiger partial charge in [-0.3, -0.25) is 4.79 Å². The Hall–Kier alpha value is -2.14. The third-order valence-electron chi connectivity index (χ3n) is 5.84. The predicted molar refractivity (Wildman–Crippen MR) is 109 cm³/mol. The summed E-state index contributed by atoms with van der Waals surface area (Å²) in [6.45, 7) is 0.564. The molecule has 2 fully saturated rings. The zero-order valence-electron chi connectivity index (χ0n) is 17.5. The maximum Gasteiger partial charge on any atom is 0.411 e. The number of carbonyl (C=O) groups excluding carboxylic acids is 1. The van der Waals surface area contributed by atoms with Crippen LogP contribution in [0.2, 0.25) is 0 Å². The first-order valence-electron chi connectivity index (χ1n) is 10.6. The molecule has 0 spiro atoms. The first-order chi connectivity index (χ1) is 14.5. The van der Waals surface area contributed by atoms with Crippen LogP contribution in [0.4, 0.5) is 24.9 Å². The lowest BCUT2D eigenvalue weighted by atomic mass is 9.83. The zero-order chi connectivity index (χ0) is 22.6. The summed E-state index contributed by atoms with van der Waals surface area (Å²) in [7, 11) is 0. The van der Waals surface area contributed by atoms with E-state index in [1.165, 1.54) is 6.20 Å². The number of halogens is 3. The topological polar surface area (TPSA) is 122 Å². The molecule has 0 bridgehead atoms. The van der Waals surface area contributed by atoms with Crippen molar-refractivity contribution >= 4 is 17.7 Å². The minimum absolute atomic E-state index is 0.00608. The van der Waals surface area contributed by atoms with Crippen LogP contribution in [0.25, 0.3) is 0 Å². The summed E-state index contributed by atoms with van der Waals surface area (Å²) in [6, 6.07) is -0.0563. The number of nitrogens with zero attached hydrogens (tertiary/aromatic N) is 2. The molecule has 1 aromatic rings. The largest absolute Gasteiger partial charge is 0.411 e. The average molecular weight is 445 g/mol. The highest BCUT2D eigenvalue weighted by atomic mass is 19.4. The van der Waals surface area contributed by atoms with Gasteiger partial charge in [-0.1, -0.05) is 0 Å². The Balaban J connectivity index is 1.60. The molecule has 31 heavy (non-hydrogen) atoms. The molecule has 0 aliphatic heterocycles. The second kappa shape index (κ2) is 9.56. The van der Waals surface area contributed by atoms with Crippen LogP contribution in [0.1, 0.15) is 68.6 Å². The molecule has 0 aromatic carbocycles. The minimum atomic E-state index is -4.32. The summed E-state index contributed by atoms with van der Waals surface area (Å²) < 4.78 is 41.9. The van der Waals surface area contributed by atoms with Gasteiger partial charge in [-0.2, -0.15) is 18.2 Å². The van der Waals surface area contributed by atoms with Gasteiger partial charge in [-0.05, 0) is 58.3 Å². The number of hydrogen-bond acceptors (Lipinski definition) is 7. The van der Waals surface area contributed by atoms with Crippen LogP contribution in [0.3, 0.4) is 0 Å². The van der Waals surface area contributed by atoms with Gasteiger partial charge < -0.3 is 26.2 Å². The van der Waals surface area contributed by atoms with Crippen molar-refractivity contribution in [1.82, 2.24) is 9.97 Å². The Bertz CT molecular complexity index is 767. The minimum Gasteiger partial charge on any atom is -0.390 e. The van der Waals surface area contributed by atoms with Crippen LogP contribution in [0.15, 0.2) is 6.20 Å². The van der Waals surface area contributed by atoms with Gasteiger partial charge in [-0.15, -0.1) is 0 Å². The molecule has 1 heterocycles. The van der Waals surface area contributed by atoms with Gasteiger partial charge in [0.15, 0.2) is 0 Å². The molecular formula is C20H30F3N5O3. The molecule has 3 rings (SSSR count). The summed E-state index contributed by atoms with van der Waals surface area (Å²) >= 11 is 0. The van der Waals surface area contributed by atoms with Gasteiger partial charge in [0.1, 0.15) is 12.4 Å². The number of anilines is 2. The molecule has 0 unspecified atom stereocenters. The van der Waals surface area contributed by atoms with Gasteiger partial charge in [-0.25, -0.2) is 4.98 Å². The van der Waals surface area contributed by atoms with Gasteiger partial charge in [0.2, 0.25) is 5.95 Å². The van der Waals surface area contributed by atoms with Crippen molar-refractivity contribution in [3.8, 4) is 0 Å². The molecule has 2 atom stereocenters. The van der Waals surface area contributed by atoms with E-state index >= 15 is 0 Å². The number of aliphatic hydroxyl groups is 1. The number of aromatic nitrogens is 2. The number of hydrogen-bond donors (Lipinski definition) is 4. The fourth-order valence-corrected chi connectivity index (χ4v) is 4.29. The fraction of sp³-hybridized carbons (Fsp3) is 0.750. The van der Waals surface area contributed by atoms with Crippen LogP contribution in [0, 0.1) is 0 Å². The molecule has 2 saturated carbocycles. The maximum atomic E-state index is 12.3. The molecule has 2 aliphatic rings. The first-order valence-corrected chi connectivity index (χ1v) is 10.6. The molecule has 0 saturated heterocycles. The number of nitrogens with one attached hydrogen (secondary N) is 2. The number of ether oxygens (including phenoxy) is 1. The summed E-state index contributed by atoms with van der Waals surface area (Å²) in [6.07, 6.45) is 1.84. The third-order valence-corrected chi connectivity index (χ3v) is 5.84. The Morgan fingerprint density at radius 1 is 1.26 bits per heavy atom. The molecule has 8 nitrogen and oxygen atoms in total. The lowest BCUT2D eigenvalue weighted by Crippen LogP contribution is -2.38. The molecule has 5 N–H and O–H groups in total. The van der Waals surface area contributed by atoms with E-state index in [-0.39, 0.29) is 17.6 Å². The van der Waals surface area contributed by atoms with Gasteiger partial charge in [0, 0.05) is 18.3 Å². The summed E-state index contributed by atoms with van der Waals surface area (Å²) in [5, 5.41) is 16.7. The van der Waals surface area contributed by atoms with E-state index in [1.807, 2.05) is 0 Å². The Morgan fingerprint density at radius 2 is 1.97 bits per heavy atom. The molecule has 1 amide bonds. The van der Waals surface area contributed by atoms with Gasteiger partial charge >= 0.3 is 6.18 Å². The van der Waals surface area contributed by atoms with E-state index in [4.69, 9.17) is 10.5 Å². The standard InChI is InChI=1S/C20H30F3N5O3/c1-19(30)8-2-3-13(9-19)26-17-15(16(24)29)10-25-18(28-17)27-12-4-6-14(7-5-12)31-11-20(21,22)23/h10,12-14,30H,2-9,11H2,1H3,(H2,24,29)(H2,25,26,27,28)/t12?,13-,14?,19-/m1/s1. The van der Waals surface area contributed by atoms with E-state index in [0.717, 1.165) is 19.3 Å². The monoisotopic (exact) mass is 445 g/mol. The van der Waals surface area contributed by atoms with Gasteiger partial charge in [0.25, 0.3) is 5.91 Å². The molecule has 2 aliphatic carbocycles. The van der Waals surface area contributed by atoms with Crippen molar-refractivity contribution in [2.45, 2.75) is 88.3 Å². The molecule has 1 aromatic heterocycles. The second-order valence-electron chi connectivity index (χ2n) is 8.80. The zero-order valence-corrected chi connectivity index (χ0v) is 17.5. The Labute approximate surface area is 179 Å². The summed E-state index contributed by atoms with van der Waals surface area (Å²) in [5.41, 5.74) is 4.85. The Kier molecular flexibility index (Phi) is 7.25. The molecular weight excluding hydrogens is 415 g/mol. The third kappa shape index (κ3) is 7.20.